The summed E-state index contributed by atoms with van der Waals surface area (Å²) in [5.74, 6) is -0.282. The van der Waals surface area contributed by atoms with Gasteiger partial charge in [-0.1, -0.05) is 66.2 Å². The molecule has 3 aromatic rings. The first-order valence-electron chi connectivity index (χ1n) is 9.24. The minimum Gasteiger partial charge on any atom is -0.341 e. The molecule has 6 heteroatoms. The molecule has 0 saturated carbocycles. The highest BCUT2D eigenvalue weighted by atomic mass is 32.2. The fraction of sp³-hybridized carbons (Fsp3) is 0.174. The molecule has 3 aromatic carbocycles. The second kappa shape index (κ2) is 8.49. The van der Waals surface area contributed by atoms with Gasteiger partial charge in [0.2, 0.25) is 10.0 Å². The van der Waals surface area contributed by atoms with Crippen molar-refractivity contribution in [1.82, 2.24) is 5.32 Å². The molecule has 150 valence electrons. The maximum absolute atomic E-state index is 13.0. The number of hydrogen-bond acceptors (Lipinski definition) is 3. The molecule has 0 aliphatic rings. The SMILES string of the molecule is Cc1ccc(C(NC(=O)c2ccc(C)c(NS(C)(=O)=O)c2)c2ccccc2)cc1. The molecule has 5 nitrogen and oxygen atoms in total. The van der Waals surface area contributed by atoms with Crippen LogP contribution in [-0.2, 0) is 10.0 Å². The summed E-state index contributed by atoms with van der Waals surface area (Å²) in [6, 6.07) is 22.4. The average molecular weight is 409 g/mol. The zero-order valence-electron chi connectivity index (χ0n) is 16.6. The standard InChI is InChI=1S/C23H24N2O3S/c1-16-9-12-19(13-10-16)22(18-7-5-4-6-8-18)24-23(26)20-14-11-17(2)21(15-20)25-29(3,27)28/h4-15,22,25H,1-3H3,(H,24,26). The Balaban J connectivity index is 1.93. The highest BCUT2D eigenvalue weighted by Gasteiger charge is 2.18. The molecular formula is C23H24N2O3S. The molecule has 0 bridgehead atoms. The molecule has 3 rings (SSSR count). The Bertz CT molecular complexity index is 1110. The van der Waals surface area contributed by atoms with Crippen LogP contribution in [0, 0.1) is 13.8 Å². The number of carbonyl (C=O) groups excluding carboxylic acids is 1. The summed E-state index contributed by atoms with van der Waals surface area (Å²) in [5, 5.41) is 3.08. The zero-order chi connectivity index (χ0) is 21.0. The summed E-state index contributed by atoms with van der Waals surface area (Å²) in [7, 11) is -3.44. The van der Waals surface area contributed by atoms with Gasteiger partial charge in [-0.15, -0.1) is 0 Å². The smallest absolute Gasteiger partial charge is 0.252 e. The number of benzene rings is 3. The van der Waals surface area contributed by atoms with Crippen LogP contribution in [0.3, 0.4) is 0 Å². The second-order valence-electron chi connectivity index (χ2n) is 7.13. The Morgan fingerprint density at radius 1 is 0.862 bits per heavy atom. The molecule has 0 aliphatic carbocycles. The van der Waals surface area contributed by atoms with E-state index in [1.165, 1.54) is 0 Å². The van der Waals surface area contributed by atoms with Crippen LogP contribution >= 0.6 is 0 Å². The van der Waals surface area contributed by atoms with Crippen molar-refractivity contribution in [3.05, 3.63) is 101 Å². The molecule has 0 spiro atoms. The van der Waals surface area contributed by atoms with Crippen molar-refractivity contribution in [1.29, 1.82) is 0 Å². The largest absolute Gasteiger partial charge is 0.341 e. The van der Waals surface area contributed by atoms with Crippen LogP contribution in [0.4, 0.5) is 5.69 Å². The molecule has 0 heterocycles. The first kappa shape index (κ1) is 20.6. The van der Waals surface area contributed by atoms with Crippen molar-refractivity contribution in [2.24, 2.45) is 0 Å². The molecular weight excluding hydrogens is 384 g/mol. The summed E-state index contributed by atoms with van der Waals surface area (Å²) in [4.78, 5) is 13.0. The maximum Gasteiger partial charge on any atom is 0.252 e. The lowest BCUT2D eigenvalue weighted by Gasteiger charge is -2.20. The van der Waals surface area contributed by atoms with E-state index >= 15 is 0 Å². The van der Waals surface area contributed by atoms with Crippen LogP contribution in [0.25, 0.3) is 0 Å². The van der Waals surface area contributed by atoms with Crippen LogP contribution in [0.15, 0.2) is 72.8 Å². The van der Waals surface area contributed by atoms with Crippen molar-refractivity contribution >= 4 is 21.6 Å². The predicted molar refractivity (Wildman–Crippen MR) is 117 cm³/mol. The Labute approximate surface area is 171 Å². The van der Waals surface area contributed by atoms with Gasteiger partial charge in [0.25, 0.3) is 5.91 Å². The molecule has 0 radical (unpaired) electrons. The van der Waals surface area contributed by atoms with Gasteiger partial charge in [0, 0.05) is 5.56 Å². The summed E-state index contributed by atoms with van der Waals surface area (Å²) < 4.78 is 25.7. The topological polar surface area (TPSA) is 75.3 Å². The lowest BCUT2D eigenvalue weighted by molar-refractivity contribution is 0.0943. The monoisotopic (exact) mass is 408 g/mol. The number of nitrogens with one attached hydrogen (secondary N) is 2. The van der Waals surface area contributed by atoms with E-state index in [0.717, 1.165) is 28.5 Å². The maximum atomic E-state index is 13.0. The number of rotatable bonds is 6. The Morgan fingerprint density at radius 3 is 2.10 bits per heavy atom. The van der Waals surface area contributed by atoms with Crippen LogP contribution < -0.4 is 10.0 Å². The number of hydrogen-bond donors (Lipinski definition) is 2. The molecule has 0 aromatic heterocycles. The summed E-state index contributed by atoms with van der Waals surface area (Å²) >= 11 is 0. The van der Waals surface area contributed by atoms with Crippen LogP contribution in [0.5, 0.6) is 0 Å². The van der Waals surface area contributed by atoms with Gasteiger partial charge < -0.3 is 5.32 Å². The van der Waals surface area contributed by atoms with Gasteiger partial charge in [-0.25, -0.2) is 8.42 Å². The van der Waals surface area contributed by atoms with Crippen molar-refractivity contribution in [3.8, 4) is 0 Å². The molecule has 0 saturated heterocycles. The van der Waals surface area contributed by atoms with Crippen molar-refractivity contribution in [3.63, 3.8) is 0 Å². The third-order valence-electron chi connectivity index (χ3n) is 4.61. The molecule has 2 N–H and O–H groups in total. The summed E-state index contributed by atoms with van der Waals surface area (Å²) in [6.45, 7) is 3.80. The quantitative estimate of drug-likeness (QED) is 0.642. The number of carbonyl (C=O) groups is 1. The first-order chi connectivity index (χ1) is 13.7. The lowest BCUT2D eigenvalue weighted by atomic mass is 9.97. The summed E-state index contributed by atoms with van der Waals surface area (Å²) in [5.41, 5.74) is 4.59. The third-order valence-corrected chi connectivity index (χ3v) is 5.20. The van der Waals surface area contributed by atoms with Crippen LogP contribution in [0.2, 0.25) is 0 Å². The number of sulfonamides is 1. The average Bonchev–Trinajstić information content (AvgIpc) is 2.68. The highest BCUT2D eigenvalue weighted by molar-refractivity contribution is 7.92. The van der Waals surface area contributed by atoms with E-state index in [-0.39, 0.29) is 11.9 Å². The summed E-state index contributed by atoms with van der Waals surface area (Å²) in [6.07, 6.45) is 1.09. The van der Waals surface area contributed by atoms with Crippen molar-refractivity contribution < 1.29 is 13.2 Å². The normalized spacial score (nSPS) is 12.2. The van der Waals surface area contributed by atoms with Gasteiger partial charge in [-0.3, -0.25) is 9.52 Å². The first-order valence-corrected chi connectivity index (χ1v) is 11.1. The van der Waals surface area contributed by atoms with Gasteiger partial charge in [0.1, 0.15) is 0 Å². The number of amides is 1. The van der Waals surface area contributed by atoms with E-state index in [9.17, 15) is 13.2 Å². The Morgan fingerprint density at radius 2 is 1.48 bits per heavy atom. The second-order valence-corrected chi connectivity index (χ2v) is 8.88. The molecule has 1 unspecified atom stereocenters. The minimum absolute atomic E-state index is 0.282. The molecule has 29 heavy (non-hydrogen) atoms. The number of aryl methyl sites for hydroxylation is 2. The van der Waals surface area contributed by atoms with Crippen molar-refractivity contribution in [2.75, 3.05) is 11.0 Å². The highest BCUT2D eigenvalue weighted by Crippen LogP contribution is 2.24. The fourth-order valence-corrected chi connectivity index (χ4v) is 3.67. The van der Waals surface area contributed by atoms with Crippen LogP contribution in [0.1, 0.15) is 38.7 Å². The molecule has 0 fully saturated rings. The van der Waals surface area contributed by atoms with Gasteiger partial charge in [0.15, 0.2) is 0 Å². The van der Waals surface area contributed by atoms with E-state index in [4.69, 9.17) is 0 Å². The predicted octanol–water partition coefficient (Wildman–Crippen LogP) is 4.19. The van der Waals surface area contributed by atoms with E-state index in [2.05, 4.69) is 10.0 Å². The van der Waals surface area contributed by atoms with E-state index in [0.29, 0.717) is 11.3 Å². The van der Waals surface area contributed by atoms with Gasteiger partial charge in [-0.2, -0.15) is 0 Å². The van der Waals surface area contributed by atoms with Gasteiger partial charge in [-0.05, 0) is 42.7 Å². The van der Waals surface area contributed by atoms with E-state index < -0.39 is 10.0 Å². The Kier molecular flexibility index (Phi) is 6.03. The van der Waals surface area contributed by atoms with Crippen LogP contribution in [-0.4, -0.2) is 20.6 Å². The molecule has 0 aliphatic heterocycles. The Hall–Kier alpha value is -3.12. The van der Waals surface area contributed by atoms with Crippen molar-refractivity contribution in [2.45, 2.75) is 19.9 Å². The van der Waals surface area contributed by atoms with E-state index in [1.807, 2.05) is 61.5 Å². The zero-order valence-corrected chi connectivity index (χ0v) is 17.5. The lowest BCUT2D eigenvalue weighted by Crippen LogP contribution is -2.29. The van der Waals surface area contributed by atoms with E-state index in [1.54, 1.807) is 25.1 Å². The minimum atomic E-state index is -3.44. The molecule has 1 amide bonds. The van der Waals surface area contributed by atoms with Gasteiger partial charge in [0.05, 0.1) is 18.0 Å². The third kappa shape index (κ3) is 5.45. The fourth-order valence-electron chi connectivity index (χ4n) is 3.05. The van der Waals surface area contributed by atoms with Gasteiger partial charge >= 0.3 is 0 Å². The molecule has 1 atom stereocenters. The number of anilines is 1.